The number of rotatable bonds is 4. The fourth-order valence-corrected chi connectivity index (χ4v) is 1.49. The first-order valence-electron chi connectivity index (χ1n) is 5.24. The Morgan fingerprint density at radius 3 is 3.12 bits per heavy atom. The van der Waals surface area contributed by atoms with Crippen molar-refractivity contribution in [1.82, 2.24) is 19.7 Å². The summed E-state index contributed by atoms with van der Waals surface area (Å²) in [6.07, 6.45) is 5.17. The second kappa shape index (κ2) is 4.69. The molecule has 0 atom stereocenters. The zero-order chi connectivity index (χ0) is 12.3. The Morgan fingerprint density at radius 1 is 1.53 bits per heavy atom. The molecule has 0 unspecified atom stereocenters. The minimum atomic E-state index is -0.0571. The first-order chi connectivity index (χ1) is 8.16. The Kier molecular flexibility index (Phi) is 3.08. The van der Waals surface area contributed by atoms with Gasteiger partial charge in [-0.1, -0.05) is 0 Å². The average Bonchev–Trinajstić information content (AvgIpc) is 2.71. The van der Waals surface area contributed by atoms with Gasteiger partial charge in [-0.3, -0.25) is 4.79 Å². The van der Waals surface area contributed by atoms with Crippen molar-refractivity contribution in [3.05, 3.63) is 18.6 Å². The summed E-state index contributed by atoms with van der Waals surface area (Å²) in [4.78, 5) is 19.0. The lowest BCUT2D eigenvalue weighted by Crippen LogP contribution is -2.26. The van der Waals surface area contributed by atoms with E-state index in [1.165, 1.54) is 6.92 Å². The second-order valence-corrected chi connectivity index (χ2v) is 3.58. The summed E-state index contributed by atoms with van der Waals surface area (Å²) in [6.45, 7) is 2.57. The highest BCUT2D eigenvalue weighted by Crippen LogP contribution is 2.13. The van der Waals surface area contributed by atoms with Crippen LogP contribution in [-0.2, 0) is 4.79 Å². The quantitative estimate of drug-likeness (QED) is 0.640. The molecule has 0 aliphatic heterocycles. The van der Waals surface area contributed by atoms with Crippen molar-refractivity contribution in [2.45, 2.75) is 6.92 Å². The molecular formula is C10H14N6O. The largest absolute Gasteiger partial charge is 0.382 e. The molecule has 0 aliphatic rings. The number of carbonyl (C=O) groups is 1. The zero-order valence-electron chi connectivity index (χ0n) is 9.47. The van der Waals surface area contributed by atoms with E-state index in [4.69, 9.17) is 5.73 Å². The van der Waals surface area contributed by atoms with Crippen LogP contribution in [0.3, 0.4) is 0 Å². The molecule has 7 heteroatoms. The fourth-order valence-electron chi connectivity index (χ4n) is 1.49. The van der Waals surface area contributed by atoms with E-state index < -0.39 is 0 Å². The van der Waals surface area contributed by atoms with Gasteiger partial charge in [0.05, 0.1) is 6.20 Å². The topological polar surface area (TPSA) is 97.3 Å². The number of nitrogens with one attached hydrogen (secondary N) is 2. The Morgan fingerprint density at radius 2 is 2.35 bits per heavy atom. The van der Waals surface area contributed by atoms with Crippen LogP contribution < -0.4 is 16.4 Å². The number of carbonyl (C=O) groups excluding carboxylic acids is 1. The van der Waals surface area contributed by atoms with Gasteiger partial charge in [-0.05, 0) is 0 Å². The number of aromatic nitrogens is 3. The second-order valence-electron chi connectivity index (χ2n) is 3.58. The van der Waals surface area contributed by atoms with Gasteiger partial charge in [0.1, 0.15) is 5.82 Å². The lowest BCUT2D eigenvalue weighted by atomic mass is 10.5. The SMILES string of the molecule is CC(=O)NCCNc1nc(N)cn2ccnc12. The third-order valence-corrected chi connectivity index (χ3v) is 2.18. The molecule has 4 N–H and O–H groups in total. The van der Waals surface area contributed by atoms with Crippen LogP contribution in [0.1, 0.15) is 6.92 Å². The molecule has 90 valence electrons. The van der Waals surface area contributed by atoms with E-state index >= 15 is 0 Å². The van der Waals surface area contributed by atoms with E-state index in [1.807, 2.05) is 0 Å². The minimum Gasteiger partial charge on any atom is -0.382 e. The highest BCUT2D eigenvalue weighted by Gasteiger charge is 2.05. The van der Waals surface area contributed by atoms with Crippen LogP contribution in [-0.4, -0.2) is 33.4 Å². The molecule has 0 saturated carbocycles. The fraction of sp³-hybridized carbons (Fsp3) is 0.300. The van der Waals surface area contributed by atoms with E-state index in [2.05, 4.69) is 20.6 Å². The summed E-state index contributed by atoms with van der Waals surface area (Å²) in [5.74, 6) is 0.969. The minimum absolute atomic E-state index is 0.0571. The van der Waals surface area contributed by atoms with Crippen LogP contribution in [0.5, 0.6) is 0 Å². The molecule has 17 heavy (non-hydrogen) atoms. The summed E-state index contributed by atoms with van der Waals surface area (Å²) in [5, 5.41) is 5.77. The molecule has 2 aromatic heterocycles. The highest BCUT2D eigenvalue weighted by atomic mass is 16.1. The number of anilines is 2. The van der Waals surface area contributed by atoms with Crippen molar-refractivity contribution in [3.63, 3.8) is 0 Å². The van der Waals surface area contributed by atoms with Crippen LogP contribution in [0.2, 0.25) is 0 Å². The summed E-state index contributed by atoms with van der Waals surface area (Å²) < 4.78 is 1.79. The third kappa shape index (κ3) is 2.63. The molecule has 0 saturated heterocycles. The maximum atomic E-state index is 10.7. The number of nitrogens with zero attached hydrogens (tertiary/aromatic N) is 3. The van der Waals surface area contributed by atoms with Crippen molar-refractivity contribution in [2.24, 2.45) is 0 Å². The van der Waals surface area contributed by atoms with Crippen molar-refractivity contribution >= 4 is 23.2 Å². The molecular weight excluding hydrogens is 220 g/mol. The number of imidazole rings is 1. The van der Waals surface area contributed by atoms with Gasteiger partial charge < -0.3 is 20.8 Å². The average molecular weight is 234 g/mol. The number of hydrogen-bond donors (Lipinski definition) is 3. The Balaban J connectivity index is 2.07. The van der Waals surface area contributed by atoms with Crippen molar-refractivity contribution in [1.29, 1.82) is 0 Å². The van der Waals surface area contributed by atoms with Gasteiger partial charge in [0.2, 0.25) is 5.91 Å². The van der Waals surface area contributed by atoms with Gasteiger partial charge in [0, 0.05) is 32.4 Å². The van der Waals surface area contributed by atoms with Crippen molar-refractivity contribution < 1.29 is 4.79 Å². The molecule has 0 bridgehead atoms. The zero-order valence-corrected chi connectivity index (χ0v) is 9.47. The molecule has 2 aromatic rings. The number of nitrogens with two attached hydrogens (primary N) is 1. The number of nitrogen functional groups attached to an aromatic ring is 1. The molecule has 0 radical (unpaired) electrons. The van der Waals surface area contributed by atoms with Crippen molar-refractivity contribution in [3.8, 4) is 0 Å². The van der Waals surface area contributed by atoms with Crippen LogP contribution in [0, 0.1) is 0 Å². The molecule has 0 fully saturated rings. The van der Waals surface area contributed by atoms with Crippen LogP contribution >= 0.6 is 0 Å². The Labute approximate surface area is 98.0 Å². The Hall–Kier alpha value is -2.31. The first kappa shape index (κ1) is 11.2. The third-order valence-electron chi connectivity index (χ3n) is 2.18. The normalized spacial score (nSPS) is 10.4. The van der Waals surface area contributed by atoms with E-state index in [0.717, 1.165) is 0 Å². The summed E-state index contributed by atoms with van der Waals surface area (Å²) >= 11 is 0. The predicted molar refractivity (Wildman–Crippen MR) is 64.6 cm³/mol. The van der Waals surface area contributed by atoms with E-state index in [-0.39, 0.29) is 5.91 Å². The highest BCUT2D eigenvalue weighted by molar-refractivity contribution is 5.72. The summed E-state index contributed by atoms with van der Waals surface area (Å²) in [6, 6.07) is 0. The molecule has 0 aliphatic carbocycles. The number of amides is 1. The predicted octanol–water partition coefficient (Wildman–Crippen LogP) is -0.141. The molecule has 1 amide bonds. The summed E-state index contributed by atoms with van der Waals surface area (Å²) in [5.41, 5.74) is 6.38. The number of hydrogen-bond acceptors (Lipinski definition) is 5. The van der Waals surface area contributed by atoms with E-state index in [9.17, 15) is 4.79 Å². The standard InChI is InChI=1S/C10H14N6O/c1-7(17)12-2-3-13-9-10-14-4-5-16(10)6-8(11)15-9/h4-6H,2-3,11H2,1H3,(H,12,17)(H,13,15). The van der Waals surface area contributed by atoms with Crippen LogP contribution in [0.4, 0.5) is 11.6 Å². The number of fused-ring (bicyclic) bond motifs is 1. The maximum Gasteiger partial charge on any atom is 0.216 e. The molecule has 0 aromatic carbocycles. The molecule has 7 nitrogen and oxygen atoms in total. The summed E-state index contributed by atoms with van der Waals surface area (Å²) in [7, 11) is 0. The maximum absolute atomic E-state index is 10.7. The van der Waals surface area contributed by atoms with E-state index in [0.29, 0.717) is 30.4 Å². The molecule has 2 heterocycles. The van der Waals surface area contributed by atoms with Crippen LogP contribution in [0.15, 0.2) is 18.6 Å². The lowest BCUT2D eigenvalue weighted by Gasteiger charge is -2.08. The van der Waals surface area contributed by atoms with Gasteiger partial charge in [-0.15, -0.1) is 0 Å². The van der Waals surface area contributed by atoms with E-state index in [1.54, 1.807) is 23.0 Å². The van der Waals surface area contributed by atoms with Gasteiger partial charge >= 0.3 is 0 Å². The Bertz CT molecular complexity index is 535. The van der Waals surface area contributed by atoms with Gasteiger partial charge in [-0.2, -0.15) is 0 Å². The smallest absolute Gasteiger partial charge is 0.216 e. The first-order valence-corrected chi connectivity index (χ1v) is 5.24. The molecule has 2 rings (SSSR count). The molecule has 0 spiro atoms. The van der Waals surface area contributed by atoms with Crippen molar-refractivity contribution in [2.75, 3.05) is 24.1 Å². The van der Waals surface area contributed by atoms with Gasteiger partial charge in [0.25, 0.3) is 0 Å². The lowest BCUT2D eigenvalue weighted by molar-refractivity contribution is -0.118. The van der Waals surface area contributed by atoms with Gasteiger partial charge in [0.15, 0.2) is 11.5 Å². The van der Waals surface area contributed by atoms with Gasteiger partial charge in [-0.25, -0.2) is 9.97 Å². The van der Waals surface area contributed by atoms with Crippen LogP contribution in [0.25, 0.3) is 5.65 Å². The monoisotopic (exact) mass is 234 g/mol.